The Morgan fingerprint density at radius 2 is 0.724 bits per heavy atom. The fourth-order valence-corrected chi connectivity index (χ4v) is 7.93. The number of hydrogen-bond acceptors (Lipinski definition) is 12. The van der Waals surface area contributed by atoms with E-state index in [0.29, 0.717) is 12.8 Å². The first-order valence-electron chi connectivity index (χ1n) is 23.7. The molecule has 346 valence electrons. The van der Waals surface area contributed by atoms with Gasteiger partial charge in [0.25, 0.3) is 0 Å². The van der Waals surface area contributed by atoms with Crippen LogP contribution in [0, 0.1) is 0 Å². The Balaban J connectivity index is 4.65. The summed E-state index contributed by atoms with van der Waals surface area (Å²) in [4.78, 5) is 25.4. The van der Waals surface area contributed by atoms with Crippen LogP contribution in [0.15, 0.2) is 0 Å². The van der Waals surface area contributed by atoms with Gasteiger partial charge in [0, 0.05) is 12.8 Å². The molecule has 0 aliphatic carbocycles. The maximum absolute atomic E-state index is 13.3. The average Bonchev–Trinajstić information content (AvgIpc) is 3.22. The Hall–Kier alpha value is -1.11. The van der Waals surface area contributed by atoms with Crippen molar-refractivity contribution in [3.63, 3.8) is 0 Å². The molecule has 0 aliphatic rings. The topological polar surface area (TPSA) is 178 Å². The molecular weight excluding hydrogens is 763 g/mol. The summed E-state index contributed by atoms with van der Waals surface area (Å²) in [6, 6.07) is 0. The zero-order valence-electron chi connectivity index (χ0n) is 37.1. The van der Waals surface area contributed by atoms with E-state index < -0.39 is 71.1 Å². The number of ether oxygens (including phenoxy) is 2. The van der Waals surface area contributed by atoms with Gasteiger partial charge in [-0.3, -0.25) is 23.2 Å². The standard InChI is InChI=1S/C45H89O12P/c1-3-5-7-9-11-13-15-17-19-21-23-25-27-29-31-33-44(50)53-39-43(40-56-58(52,54-37-41(48)35-46)55-38-42(49)36-47)57-45(51)34-32-30-28-26-24-22-20-18-16-14-12-10-8-6-4-2/h41-43,46-49H,3-40H2,1-2H3. The van der Waals surface area contributed by atoms with Gasteiger partial charge in [0.05, 0.1) is 33.0 Å². The van der Waals surface area contributed by atoms with Crippen LogP contribution in [0.4, 0.5) is 0 Å². The van der Waals surface area contributed by atoms with Crippen molar-refractivity contribution in [3.05, 3.63) is 0 Å². The van der Waals surface area contributed by atoms with Crippen LogP contribution in [0.3, 0.4) is 0 Å². The average molecular weight is 853 g/mol. The summed E-state index contributed by atoms with van der Waals surface area (Å²) in [5.74, 6) is -0.948. The van der Waals surface area contributed by atoms with Gasteiger partial charge in [-0.05, 0) is 12.8 Å². The maximum atomic E-state index is 13.3. The molecular formula is C45H89O12P. The predicted molar refractivity (Wildman–Crippen MR) is 232 cm³/mol. The van der Waals surface area contributed by atoms with Gasteiger partial charge in [0.1, 0.15) is 18.8 Å². The third kappa shape index (κ3) is 39.1. The molecule has 0 fully saturated rings. The molecule has 0 saturated carbocycles. The van der Waals surface area contributed by atoms with Gasteiger partial charge in [-0.15, -0.1) is 0 Å². The van der Waals surface area contributed by atoms with Crippen molar-refractivity contribution in [2.24, 2.45) is 0 Å². The number of carbonyl (C=O) groups is 2. The van der Waals surface area contributed by atoms with Crippen molar-refractivity contribution < 1.29 is 57.6 Å². The van der Waals surface area contributed by atoms with E-state index >= 15 is 0 Å². The molecule has 12 nitrogen and oxygen atoms in total. The SMILES string of the molecule is CCCCCCCCCCCCCCCCCC(=O)OCC(COP(=O)(OCC(O)CO)OCC(O)CO)OC(=O)CCCCCCCCCCCCCCCCC. The molecule has 58 heavy (non-hydrogen) atoms. The summed E-state index contributed by atoms with van der Waals surface area (Å²) >= 11 is 0. The molecule has 4 N–H and O–H groups in total. The van der Waals surface area contributed by atoms with Crippen molar-refractivity contribution in [2.75, 3.05) is 39.6 Å². The fraction of sp³-hybridized carbons (Fsp3) is 0.956. The number of carbonyl (C=O) groups excluding carboxylic acids is 2. The Labute approximate surface area is 353 Å². The van der Waals surface area contributed by atoms with Gasteiger partial charge in [-0.1, -0.05) is 194 Å². The van der Waals surface area contributed by atoms with Crippen LogP contribution in [0.5, 0.6) is 0 Å². The molecule has 3 atom stereocenters. The fourth-order valence-electron chi connectivity index (χ4n) is 6.65. The summed E-state index contributed by atoms with van der Waals surface area (Å²) in [6.45, 7) is 1.07. The molecule has 0 heterocycles. The van der Waals surface area contributed by atoms with Crippen molar-refractivity contribution in [2.45, 2.75) is 238 Å². The number of phosphoric ester groups is 1. The zero-order valence-corrected chi connectivity index (χ0v) is 38.0. The molecule has 0 saturated heterocycles. The minimum atomic E-state index is -4.47. The number of hydrogen-bond donors (Lipinski definition) is 4. The van der Waals surface area contributed by atoms with Gasteiger partial charge in [-0.2, -0.15) is 0 Å². The van der Waals surface area contributed by atoms with E-state index in [0.717, 1.165) is 38.5 Å². The van der Waals surface area contributed by atoms with Crippen molar-refractivity contribution in [3.8, 4) is 0 Å². The quantitative estimate of drug-likeness (QED) is 0.0259. The van der Waals surface area contributed by atoms with Crippen LogP contribution >= 0.6 is 7.82 Å². The number of rotatable bonds is 46. The smallest absolute Gasteiger partial charge is 0.462 e. The lowest BCUT2D eigenvalue weighted by atomic mass is 10.0. The van der Waals surface area contributed by atoms with E-state index in [1.165, 1.54) is 141 Å². The van der Waals surface area contributed by atoms with Crippen molar-refractivity contribution in [1.29, 1.82) is 0 Å². The molecule has 0 radical (unpaired) electrons. The molecule has 0 amide bonds. The summed E-state index contributed by atoms with van der Waals surface area (Å²) in [5, 5.41) is 37.7. The van der Waals surface area contributed by atoms with E-state index in [1.54, 1.807) is 0 Å². The number of esters is 2. The number of phosphoric acid groups is 1. The lowest BCUT2D eigenvalue weighted by Crippen LogP contribution is -2.30. The molecule has 0 aromatic rings. The number of aliphatic hydroxyl groups excluding tert-OH is 4. The summed E-state index contributed by atoms with van der Waals surface area (Å²) in [6.07, 6.45) is 33.0. The first-order valence-corrected chi connectivity index (χ1v) is 25.1. The second-order valence-electron chi connectivity index (χ2n) is 16.2. The second-order valence-corrected chi connectivity index (χ2v) is 17.9. The second kappa shape index (κ2) is 42.6. The van der Waals surface area contributed by atoms with E-state index in [9.17, 15) is 24.4 Å². The third-order valence-electron chi connectivity index (χ3n) is 10.4. The third-order valence-corrected chi connectivity index (χ3v) is 11.8. The van der Waals surface area contributed by atoms with Crippen LogP contribution in [0.2, 0.25) is 0 Å². The summed E-state index contributed by atoms with van der Waals surface area (Å²) in [7, 11) is -4.47. The lowest BCUT2D eigenvalue weighted by Gasteiger charge is -2.23. The largest absolute Gasteiger partial charge is 0.475 e. The lowest BCUT2D eigenvalue weighted by molar-refractivity contribution is -0.161. The molecule has 0 spiro atoms. The van der Waals surface area contributed by atoms with Crippen LogP contribution in [0.25, 0.3) is 0 Å². The molecule has 3 unspecified atom stereocenters. The van der Waals surface area contributed by atoms with Crippen LogP contribution in [-0.4, -0.2) is 90.3 Å². The highest BCUT2D eigenvalue weighted by molar-refractivity contribution is 7.48. The molecule has 13 heteroatoms. The first kappa shape index (κ1) is 56.9. The Morgan fingerprint density at radius 3 is 1.05 bits per heavy atom. The number of unbranched alkanes of at least 4 members (excludes halogenated alkanes) is 28. The maximum Gasteiger partial charge on any atom is 0.475 e. The van der Waals surface area contributed by atoms with Crippen LogP contribution in [0.1, 0.15) is 219 Å². The van der Waals surface area contributed by atoms with Crippen molar-refractivity contribution in [1.82, 2.24) is 0 Å². The minimum Gasteiger partial charge on any atom is -0.462 e. The highest BCUT2D eigenvalue weighted by atomic mass is 31.2. The van der Waals surface area contributed by atoms with Gasteiger partial charge >= 0.3 is 19.8 Å². The van der Waals surface area contributed by atoms with Gasteiger partial charge in [-0.25, -0.2) is 4.57 Å². The Bertz CT molecular complexity index is 937. The van der Waals surface area contributed by atoms with E-state index in [1.807, 2.05) is 0 Å². The predicted octanol–water partition coefficient (Wildman–Crippen LogP) is 10.8. The molecule has 0 aliphatic heterocycles. The van der Waals surface area contributed by atoms with Gasteiger partial charge < -0.3 is 29.9 Å². The Kier molecular flexibility index (Phi) is 41.8. The van der Waals surface area contributed by atoms with Crippen LogP contribution in [-0.2, 0) is 37.2 Å². The van der Waals surface area contributed by atoms with E-state index in [2.05, 4.69) is 13.8 Å². The van der Waals surface area contributed by atoms with Crippen molar-refractivity contribution >= 4 is 19.8 Å². The Morgan fingerprint density at radius 1 is 0.431 bits per heavy atom. The highest BCUT2D eigenvalue weighted by Crippen LogP contribution is 2.49. The first-order chi connectivity index (χ1) is 28.2. The zero-order chi connectivity index (χ0) is 42.8. The molecule has 0 rings (SSSR count). The summed E-state index contributed by atoms with van der Waals surface area (Å²) in [5.41, 5.74) is 0. The van der Waals surface area contributed by atoms with Crippen LogP contribution < -0.4 is 0 Å². The highest BCUT2D eigenvalue weighted by Gasteiger charge is 2.32. The van der Waals surface area contributed by atoms with Gasteiger partial charge in [0.15, 0.2) is 6.10 Å². The van der Waals surface area contributed by atoms with Gasteiger partial charge in [0.2, 0.25) is 0 Å². The summed E-state index contributed by atoms with van der Waals surface area (Å²) < 4.78 is 39.9. The normalized spacial score (nSPS) is 14.2. The van der Waals surface area contributed by atoms with E-state index in [-0.39, 0.29) is 19.4 Å². The van der Waals surface area contributed by atoms with E-state index in [4.69, 9.17) is 33.3 Å². The number of aliphatic hydroxyl groups is 4. The minimum absolute atomic E-state index is 0.165. The molecule has 0 aromatic heterocycles. The monoisotopic (exact) mass is 853 g/mol. The molecule has 0 bridgehead atoms. The molecule has 0 aromatic carbocycles.